The molecule has 1 aromatic carbocycles. The Bertz CT molecular complexity index is 661. The second-order valence-corrected chi connectivity index (χ2v) is 5.22. The number of sulfonamides is 1. The van der Waals surface area contributed by atoms with Gasteiger partial charge in [-0.2, -0.15) is 5.10 Å². The molecule has 0 bridgehead atoms. The molecule has 0 fully saturated rings. The standard InChI is InChI=1S/C10H11FN4O2S/c1-15-9(5-6-13-15)14-18(16,17)10-7(11)3-2-4-8(10)12/h2-6,14H,12H2,1H3. The summed E-state index contributed by atoms with van der Waals surface area (Å²) in [7, 11) is -2.52. The summed E-state index contributed by atoms with van der Waals surface area (Å²) >= 11 is 0. The number of nitrogens with zero attached hydrogens (tertiary/aromatic N) is 2. The molecule has 6 nitrogen and oxygen atoms in total. The molecule has 0 spiro atoms. The van der Waals surface area contributed by atoms with E-state index < -0.39 is 20.7 Å². The zero-order chi connectivity index (χ0) is 13.3. The molecular formula is C10H11FN4O2S. The van der Waals surface area contributed by atoms with Crippen molar-refractivity contribution in [2.45, 2.75) is 4.90 Å². The van der Waals surface area contributed by atoms with Gasteiger partial charge in [0.25, 0.3) is 10.0 Å². The first-order valence-electron chi connectivity index (χ1n) is 4.96. The summed E-state index contributed by atoms with van der Waals surface area (Å²) in [6, 6.07) is 5.15. The fraction of sp³-hybridized carbons (Fsp3) is 0.100. The summed E-state index contributed by atoms with van der Waals surface area (Å²) < 4.78 is 41.1. The Morgan fingerprint density at radius 1 is 1.39 bits per heavy atom. The molecule has 18 heavy (non-hydrogen) atoms. The highest BCUT2D eigenvalue weighted by molar-refractivity contribution is 7.92. The molecule has 0 saturated carbocycles. The van der Waals surface area contributed by atoms with Crippen molar-refractivity contribution in [3.8, 4) is 0 Å². The summed E-state index contributed by atoms with van der Waals surface area (Å²) in [6.45, 7) is 0. The number of nitrogens with two attached hydrogens (primary N) is 1. The molecule has 3 N–H and O–H groups in total. The number of hydrogen-bond acceptors (Lipinski definition) is 4. The van der Waals surface area contributed by atoms with Crippen molar-refractivity contribution in [3.63, 3.8) is 0 Å². The largest absolute Gasteiger partial charge is 0.398 e. The first-order valence-corrected chi connectivity index (χ1v) is 6.45. The van der Waals surface area contributed by atoms with Crippen LogP contribution < -0.4 is 10.5 Å². The predicted molar refractivity (Wildman–Crippen MR) is 64.8 cm³/mol. The van der Waals surface area contributed by atoms with E-state index in [1.165, 1.54) is 29.1 Å². The van der Waals surface area contributed by atoms with Gasteiger partial charge in [-0.15, -0.1) is 0 Å². The number of nitrogens with one attached hydrogen (secondary N) is 1. The van der Waals surface area contributed by atoms with E-state index in [1.807, 2.05) is 0 Å². The van der Waals surface area contributed by atoms with E-state index in [-0.39, 0.29) is 11.5 Å². The van der Waals surface area contributed by atoms with E-state index >= 15 is 0 Å². The van der Waals surface area contributed by atoms with Gasteiger partial charge in [-0.25, -0.2) is 12.8 Å². The van der Waals surface area contributed by atoms with Crippen LogP contribution in [0.2, 0.25) is 0 Å². The fourth-order valence-electron chi connectivity index (χ4n) is 1.47. The van der Waals surface area contributed by atoms with Crippen LogP contribution >= 0.6 is 0 Å². The van der Waals surface area contributed by atoms with E-state index in [4.69, 9.17) is 5.73 Å². The van der Waals surface area contributed by atoms with E-state index in [1.54, 1.807) is 7.05 Å². The Labute approximate surface area is 103 Å². The second kappa shape index (κ2) is 4.30. The van der Waals surface area contributed by atoms with Gasteiger partial charge in [0.15, 0.2) is 0 Å². The van der Waals surface area contributed by atoms with Crippen LogP contribution in [0.15, 0.2) is 35.4 Å². The normalized spacial score (nSPS) is 11.4. The number of anilines is 2. The van der Waals surface area contributed by atoms with Gasteiger partial charge in [0, 0.05) is 13.1 Å². The second-order valence-electron chi connectivity index (χ2n) is 3.60. The van der Waals surface area contributed by atoms with Crippen molar-refractivity contribution in [1.82, 2.24) is 9.78 Å². The summed E-state index contributed by atoms with van der Waals surface area (Å²) in [6.07, 6.45) is 1.42. The molecule has 0 amide bonds. The highest BCUT2D eigenvalue weighted by Gasteiger charge is 2.23. The van der Waals surface area contributed by atoms with Gasteiger partial charge in [-0.3, -0.25) is 9.40 Å². The molecule has 2 aromatic rings. The topological polar surface area (TPSA) is 90.0 Å². The summed E-state index contributed by atoms with van der Waals surface area (Å²) in [4.78, 5) is -0.564. The molecule has 0 radical (unpaired) electrons. The Morgan fingerprint density at radius 2 is 2.11 bits per heavy atom. The van der Waals surface area contributed by atoms with Gasteiger partial charge >= 0.3 is 0 Å². The molecule has 1 aromatic heterocycles. The van der Waals surface area contributed by atoms with Crippen LogP contribution in [-0.2, 0) is 17.1 Å². The van der Waals surface area contributed by atoms with Crippen LogP contribution in [0, 0.1) is 5.82 Å². The molecule has 1 heterocycles. The Hall–Kier alpha value is -2.09. The lowest BCUT2D eigenvalue weighted by Crippen LogP contribution is -2.18. The zero-order valence-corrected chi connectivity index (χ0v) is 10.3. The molecule has 0 unspecified atom stereocenters. The van der Waals surface area contributed by atoms with Crippen LogP contribution in [0.4, 0.5) is 15.9 Å². The maximum absolute atomic E-state index is 13.6. The number of nitrogen functional groups attached to an aromatic ring is 1. The average molecular weight is 270 g/mol. The lowest BCUT2D eigenvalue weighted by molar-refractivity contribution is 0.571. The molecule has 0 aliphatic rings. The summed E-state index contributed by atoms with van der Waals surface area (Å²) in [5.74, 6) is -0.678. The van der Waals surface area contributed by atoms with Crippen LogP contribution in [0.5, 0.6) is 0 Å². The SMILES string of the molecule is Cn1nccc1NS(=O)(=O)c1c(N)cccc1F. The van der Waals surface area contributed by atoms with E-state index in [0.29, 0.717) is 0 Å². The van der Waals surface area contributed by atoms with Crippen molar-refractivity contribution in [1.29, 1.82) is 0 Å². The van der Waals surface area contributed by atoms with Crippen molar-refractivity contribution in [2.24, 2.45) is 7.05 Å². The molecule has 0 saturated heterocycles. The number of rotatable bonds is 3. The molecule has 2 rings (SSSR count). The maximum atomic E-state index is 13.6. The molecule has 96 valence electrons. The molecule has 8 heteroatoms. The van der Waals surface area contributed by atoms with Crippen molar-refractivity contribution in [3.05, 3.63) is 36.3 Å². The lowest BCUT2D eigenvalue weighted by Gasteiger charge is -2.10. The van der Waals surface area contributed by atoms with E-state index in [9.17, 15) is 12.8 Å². The third-order valence-corrected chi connectivity index (χ3v) is 3.77. The predicted octanol–water partition coefficient (Wildman–Crippen LogP) is 0.942. The van der Waals surface area contributed by atoms with Crippen molar-refractivity contribution >= 4 is 21.5 Å². The van der Waals surface area contributed by atoms with Crippen molar-refractivity contribution in [2.75, 3.05) is 10.5 Å². The van der Waals surface area contributed by atoms with Gasteiger partial charge in [0.2, 0.25) is 0 Å². The minimum atomic E-state index is -4.08. The van der Waals surface area contributed by atoms with Crippen LogP contribution in [-0.4, -0.2) is 18.2 Å². The summed E-state index contributed by atoms with van der Waals surface area (Å²) in [5.41, 5.74) is 5.34. The van der Waals surface area contributed by atoms with Crippen LogP contribution in [0.3, 0.4) is 0 Å². The van der Waals surface area contributed by atoms with Gasteiger partial charge in [0.1, 0.15) is 16.5 Å². The lowest BCUT2D eigenvalue weighted by atomic mass is 10.3. The number of benzene rings is 1. The average Bonchev–Trinajstić information content (AvgIpc) is 2.63. The number of hydrogen-bond donors (Lipinski definition) is 2. The monoisotopic (exact) mass is 270 g/mol. The first-order chi connectivity index (χ1) is 8.42. The smallest absolute Gasteiger partial charge is 0.268 e. The van der Waals surface area contributed by atoms with Gasteiger partial charge in [-0.1, -0.05) is 6.07 Å². The zero-order valence-electron chi connectivity index (χ0n) is 9.46. The Balaban J connectivity index is 2.47. The minimum Gasteiger partial charge on any atom is -0.398 e. The molecule has 0 atom stereocenters. The van der Waals surface area contributed by atoms with E-state index in [0.717, 1.165) is 6.07 Å². The third-order valence-electron chi connectivity index (χ3n) is 2.33. The summed E-state index contributed by atoms with van der Waals surface area (Å²) in [5, 5.41) is 3.80. The molecular weight excluding hydrogens is 259 g/mol. The third kappa shape index (κ3) is 2.14. The number of aryl methyl sites for hydroxylation is 1. The highest BCUT2D eigenvalue weighted by Crippen LogP contribution is 2.23. The van der Waals surface area contributed by atoms with Gasteiger partial charge in [0.05, 0.1) is 11.9 Å². The van der Waals surface area contributed by atoms with Gasteiger partial charge < -0.3 is 5.73 Å². The highest BCUT2D eigenvalue weighted by atomic mass is 32.2. The Kier molecular flexibility index (Phi) is 2.95. The quantitative estimate of drug-likeness (QED) is 0.812. The molecule has 0 aliphatic carbocycles. The first kappa shape index (κ1) is 12.4. The number of halogens is 1. The number of aromatic nitrogens is 2. The van der Waals surface area contributed by atoms with E-state index in [2.05, 4.69) is 9.82 Å². The molecule has 0 aliphatic heterocycles. The van der Waals surface area contributed by atoms with Crippen molar-refractivity contribution < 1.29 is 12.8 Å². The van der Waals surface area contributed by atoms with Crippen LogP contribution in [0.1, 0.15) is 0 Å². The van der Waals surface area contributed by atoms with Crippen LogP contribution in [0.25, 0.3) is 0 Å². The van der Waals surface area contributed by atoms with Gasteiger partial charge in [-0.05, 0) is 12.1 Å². The Morgan fingerprint density at radius 3 is 2.67 bits per heavy atom. The maximum Gasteiger partial charge on any atom is 0.268 e. The fourth-order valence-corrected chi connectivity index (χ4v) is 2.75. The minimum absolute atomic E-state index is 0.148.